The number of carbonyl (C=O) groups is 1. The number of aliphatic hydroxyl groups excluding tert-OH is 2. The fourth-order valence-electron chi connectivity index (χ4n) is 1.31. The molecule has 1 aromatic heterocycles. The van der Waals surface area contributed by atoms with Gasteiger partial charge in [-0.2, -0.15) is 0 Å². The Morgan fingerprint density at radius 2 is 2.12 bits per heavy atom. The summed E-state index contributed by atoms with van der Waals surface area (Å²) in [6, 6.07) is 1.40. The molecule has 0 aliphatic rings. The SMILES string of the molecule is NCCC(O)C(O)c1cncc(C(N)=O)c1. The van der Waals surface area contributed by atoms with Gasteiger partial charge in [0.2, 0.25) is 5.91 Å². The number of hydrogen-bond donors (Lipinski definition) is 4. The second-order valence-electron chi connectivity index (χ2n) is 3.46. The number of nitrogens with two attached hydrogens (primary N) is 2. The molecule has 0 fully saturated rings. The topological polar surface area (TPSA) is 122 Å². The first kappa shape index (κ1) is 12.6. The molecule has 0 radical (unpaired) electrons. The standard InChI is InChI=1S/C10H15N3O3/c11-2-1-8(14)9(15)6-3-7(10(12)16)5-13-4-6/h3-5,8-9,14-15H,1-2,11H2,(H2,12,16). The van der Waals surface area contributed by atoms with E-state index in [2.05, 4.69) is 4.98 Å². The van der Waals surface area contributed by atoms with Gasteiger partial charge in [-0.1, -0.05) is 0 Å². The highest BCUT2D eigenvalue weighted by Crippen LogP contribution is 2.18. The summed E-state index contributed by atoms with van der Waals surface area (Å²) in [5.74, 6) is -0.630. The van der Waals surface area contributed by atoms with Crippen LogP contribution in [0, 0.1) is 0 Å². The summed E-state index contributed by atoms with van der Waals surface area (Å²) in [5, 5.41) is 19.3. The van der Waals surface area contributed by atoms with Crippen molar-refractivity contribution in [2.24, 2.45) is 11.5 Å². The number of amides is 1. The Balaban J connectivity index is 2.86. The normalized spacial score (nSPS) is 14.4. The molecule has 1 rings (SSSR count). The number of primary amides is 1. The second-order valence-corrected chi connectivity index (χ2v) is 3.46. The Labute approximate surface area is 92.9 Å². The van der Waals surface area contributed by atoms with E-state index >= 15 is 0 Å². The molecule has 88 valence electrons. The highest BCUT2D eigenvalue weighted by atomic mass is 16.3. The summed E-state index contributed by atoms with van der Waals surface area (Å²) in [6.45, 7) is 0.265. The van der Waals surface area contributed by atoms with Gasteiger partial charge >= 0.3 is 0 Å². The summed E-state index contributed by atoms with van der Waals surface area (Å²) >= 11 is 0. The Morgan fingerprint density at radius 1 is 1.44 bits per heavy atom. The van der Waals surface area contributed by atoms with Crippen molar-refractivity contribution in [3.63, 3.8) is 0 Å². The van der Waals surface area contributed by atoms with Crippen molar-refractivity contribution in [1.29, 1.82) is 0 Å². The summed E-state index contributed by atoms with van der Waals surface area (Å²) < 4.78 is 0. The van der Waals surface area contributed by atoms with Crippen LogP contribution in [-0.2, 0) is 0 Å². The minimum absolute atomic E-state index is 0.191. The molecule has 2 unspecified atom stereocenters. The largest absolute Gasteiger partial charge is 0.390 e. The number of rotatable bonds is 5. The van der Waals surface area contributed by atoms with Crippen LogP contribution < -0.4 is 11.5 Å². The van der Waals surface area contributed by atoms with E-state index in [0.717, 1.165) is 0 Å². The zero-order chi connectivity index (χ0) is 12.1. The maximum Gasteiger partial charge on any atom is 0.250 e. The van der Waals surface area contributed by atoms with Crippen molar-refractivity contribution in [2.75, 3.05) is 6.54 Å². The van der Waals surface area contributed by atoms with Crippen LogP contribution in [0.3, 0.4) is 0 Å². The van der Waals surface area contributed by atoms with Gasteiger partial charge < -0.3 is 21.7 Å². The number of nitrogens with zero attached hydrogens (tertiary/aromatic N) is 1. The Morgan fingerprint density at radius 3 is 2.69 bits per heavy atom. The summed E-state index contributed by atoms with van der Waals surface area (Å²) in [6.07, 6.45) is 0.845. The van der Waals surface area contributed by atoms with Crippen LogP contribution in [0.4, 0.5) is 0 Å². The lowest BCUT2D eigenvalue weighted by Crippen LogP contribution is -2.22. The highest BCUT2D eigenvalue weighted by molar-refractivity contribution is 5.92. The Hall–Kier alpha value is -1.50. The lowest BCUT2D eigenvalue weighted by atomic mass is 10.0. The molecule has 6 N–H and O–H groups in total. The molecule has 6 nitrogen and oxygen atoms in total. The van der Waals surface area contributed by atoms with E-state index in [1.54, 1.807) is 0 Å². The van der Waals surface area contributed by atoms with E-state index in [0.29, 0.717) is 5.56 Å². The lowest BCUT2D eigenvalue weighted by molar-refractivity contribution is 0.0148. The van der Waals surface area contributed by atoms with Crippen LogP contribution in [0.2, 0.25) is 0 Å². The van der Waals surface area contributed by atoms with Crippen molar-refractivity contribution in [3.8, 4) is 0 Å². The minimum Gasteiger partial charge on any atom is -0.390 e. The number of hydrogen-bond acceptors (Lipinski definition) is 5. The van der Waals surface area contributed by atoms with Gasteiger partial charge in [-0.05, 0) is 19.0 Å². The van der Waals surface area contributed by atoms with Gasteiger partial charge in [0, 0.05) is 18.0 Å². The van der Waals surface area contributed by atoms with Gasteiger partial charge in [-0.15, -0.1) is 0 Å². The average Bonchev–Trinajstić information content (AvgIpc) is 2.28. The van der Waals surface area contributed by atoms with Gasteiger partial charge in [0.05, 0.1) is 11.7 Å². The summed E-state index contributed by atoms with van der Waals surface area (Å²) in [7, 11) is 0. The molecule has 0 aliphatic carbocycles. The number of aromatic nitrogens is 1. The van der Waals surface area contributed by atoms with Crippen LogP contribution in [0.5, 0.6) is 0 Å². The first-order chi connectivity index (χ1) is 7.56. The van der Waals surface area contributed by atoms with Gasteiger partial charge in [0.1, 0.15) is 6.10 Å². The average molecular weight is 225 g/mol. The van der Waals surface area contributed by atoms with Crippen molar-refractivity contribution < 1.29 is 15.0 Å². The van der Waals surface area contributed by atoms with Crippen molar-refractivity contribution in [3.05, 3.63) is 29.6 Å². The molecular weight excluding hydrogens is 210 g/mol. The molecule has 2 atom stereocenters. The maximum absolute atomic E-state index is 10.9. The molecule has 0 aliphatic heterocycles. The first-order valence-electron chi connectivity index (χ1n) is 4.87. The predicted octanol–water partition coefficient (Wildman–Crippen LogP) is -1.08. The summed E-state index contributed by atoms with van der Waals surface area (Å²) in [4.78, 5) is 14.7. The Kier molecular flexibility index (Phi) is 4.36. The first-order valence-corrected chi connectivity index (χ1v) is 4.87. The van der Waals surface area contributed by atoms with Crippen molar-refractivity contribution in [1.82, 2.24) is 4.98 Å². The third-order valence-electron chi connectivity index (χ3n) is 2.21. The van der Waals surface area contributed by atoms with E-state index in [1.807, 2.05) is 0 Å². The van der Waals surface area contributed by atoms with Gasteiger partial charge in [0.15, 0.2) is 0 Å². The minimum atomic E-state index is -1.12. The molecule has 0 saturated heterocycles. The molecule has 16 heavy (non-hydrogen) atoms. The van der Waals surface area contributed by atoms with E-state index in [4.69, 9.17) is 11.5 Å². The fraction of sp³-hybridized carbons (Fsp3) is 0.400. The summed E-state index contributed by atoms with van der Waals surface area (Å²) in [5.41, 5.74) is 10.9. The Bertz CT molecular complexity index is 370. The molecule has 0 bridgehead atoms. The highest BCUT2D eigenvalue weighted by Gasteiger charge is 2.18. The third kappa shape index (κ3) is 2.99. The van der Waals surface area contributed by atoms with Crippen LogP contribution in [0.15, 0.2) is 18.5 Å². The lowest BCUT2D eigenvalue weighted by Gasteiger charge is -2.17. The molecule has 1 aromatic rings. The zero-order valence-corrected chi connectivity index (χ0v) is 8.71. The van der Waals surface area contributed by atoms with Crippen LogP contribution in [0.25, 0.3) is 0 Å². The fourth-order valence-corrected chi connectivity index (χ4v) is 1.31. The van der Waals surface area contributed by atoms with Crippen LogP contribution >= 0.6 is 0 Å². The number of carbonyl (C=O) groups excluding carboxylic acids is 1. The van der Waals surface area contributed by atoms with E-state index in [1.165, 1.54) is 18.5 Å². The predicted molar refractivity (Wildman–Crippen MR) is 57.4 cm³/mol. The quantitative estimate of drug-likeness (QED) is 0.508. The van der Waals surface area contributed by atoms with Gasteiger partial charge in [-0.25, -0.2) is 0 Å². The smallest absolute Gasteiger partial charge is 0.250 e. The molecule has 1 heterocycles. The molecule has 0 saturated carbocycles. The van der Waals surface area contributed by atoms with Gasteiger partial charge in [0.25, 0.3) is 0 Å². The molecular formula is C10H15N3O3. The molecule has 0 aromatic carbocycles. The number of pyridine rings is 1. The molecule has 6 heteroatoms. The van der Waals surface area contributed by atoms with Crippen molar-refractivity contribution >= 4 is 5.91 Å². The van der Waals surface area contributed by atoms with E-state index < -0.39 is 18.1 Å². The van der Waals surface area contributed by atoms with E-state index in [9.17, 15) is 15.0 Å². The second kappa shape index (κ2) is 5.55. The van der Waals surface area contributed by atoms with Crippen LogP contribution in [-0.4, -0.2) is 33.8 Å². The van der Waals surface area contributed by atoms with Crippen molar-refractivity contribution in [2.45, 2.75) is 18.6 Å². The number of aliphatic hydroxyl groups is 2. The van der Waals surface area contributed by atoms with E-state index in [-0.39, 0.29) is 18.5 Å². The van der Waals surface area contributed by atoms with Crippen LogP contribution in [0.1, 0.15) is 28.4 Å². The maximum atomic E-state index is 10.9. The third-order valence-corrected chi connectivity index (χ3v) is 2.21. The zero-order valence-electron chi connectivity index (χ0n) is 8.71. The van der Waals surface area contributed by atoms with Gasteiger partial charge in [-0.3, -0.25) is 9.78 Å². The molecule has 1 amide bonds. The monoisotopic (exact) mass is 225 g/mol. The molecule has 0 spiro atoms.